The molecule has 0 atom stereocenters. The zero-order chi connectivity index (χ0) is 27.8. The first-order valence-electron chi connectivity index (χ1n) is 14.5. The fourth-order valence-electron chi connectivity index (χ4n) is 6.68. The Bertz CT molecular complexity index is 1940. The molecule has 6 aromatic carbocycles. The minimum absolute atomic E-state index is 1.09. The van der Waals surface area contributed by atoms with Gasteiger partial charge in [0, 0.05) is 0 Å². The molecule has 0 heterocycles. The van der Waals surface area contributed by atoms with Crippen molar-refractivity contribution < 1.29 is 0 Å². The lowest BCUT2D eigenvalue weighted by atomic mass is 9.80. The number of fused-ring (bicyclic) bond motifs is 3. The van der Waals surface area contributed by atoms with E-state index in [1.807, 2.05) is 6.08 Å². The van der Waals surface area contributed by atoms with Crippen molar-refractivity contribution in [3.63, 3.8) is 0 Å². The third-order valence-corrected chi connectivity index (χ3v) is 8.43. The standard InChI is InChI=1S/C41H32/c1-3-15-32-28(4-2)26-27-38(39(32)30-17-6-5-7-18-30)41-36-23-12-10-21-34(36)40(35-22-11-13-24-37(35)41)33-25-14-19-29-16-8-9-20-31(29)33/h3-7,9-15,17-27H,2,8,16H2,1H3/b15-3-. The van der Waals surface area contributed by atoms with Gasteiger partial charge in [-0.15, -0.1) is 0 Å². The fourth-order valence-corrected chi connectivity index (χ4v) is 6.68. The Labute approximate surface area is 242 Å². The van der Waals surface area contributed by atoms with Crippen LogP contribution in [0.5, 0.6) is 0 Å². The molecule has 41 heavy (non-hydrogen) atoms. The minimum Gasteiger partial charge on any atom is -0.0984 e. The first-order valence-corrected chi connectivity index (χ1v) is 14.5. The molecule has 0 heteroatoms. The van der Waals surface area contributed by atoms with Crippen LogP contribution in [0.1, 0.15) is 35.6 Å². The summed E-state index contributed by atoms with van der Waals surface area (Å²) < 4.78 is 0. The number of hydrogen-bond donors (Lipinski definition) is 0. The van der Waals surface area contributed by atoms with Gasteiger partial charge >= 0.3 is 0 Å². The van der Waals surface area contributed by atoms with Crippen molar-refractivity contribution in [1.82, 2.24) is 0 Å². The highest BCUT2D eigenvalue weighted by atomic mass is 14.2. The summed E-state index contributed by atoms with van der Waals surface area (Å²) in [6.07, 6.45) is 13.2. The molecule has 6 aromatic rings. The Morgan fingerprint density at radius 2 is 1.24 bits per heavy atom. The quantitative estimate of drug-likeness (QED) is 0.197. The lowest BCUT2D eigenvalue weighted by Crippen LogP contribution is -1.99. The van der Waals surface area contributed by atoms with Crippen LogP contribution in [0, 0.1) is 0 Å². The summed E-state index contributed by atoms with van der Waals surface area (Å²) in [5.74, 6) is 0. The highest BCUT2D eigenvalue weighted by Gasteiger charge is 2.22. The first-order chi connectivity index (χ1) is 20.3. The van der Waals surface area contributed by atoms with E-state index in [2.05, 4.69) is 147 Å². The molecule has 7 rings (SSSR count). The van der Waals surface area contributed by atoms with Gasteiger partial charge in [-0.05, 0) is 96.9 Å². The van der Waals surface area contributed by atoms with Crippen LogP contribution in [0.3, 0.4) is 0 Å². The molecule has 1 aliphatic rings. The van der Waals surface area contributed by atoms with E-state index in [0.29, 0.717) is 0 Å². The molecule has 0 fully saturated rings. The number of hydrogen-bond acceptors (Lipinski definition) is 0. The molecule has 0 spiro atoms. The molecule has 0 bridgehead atoms. The largest absolute Gasteiger partial charge is 0.0984 e. The van der Waals surface area contributed by atoms with Crippen molar-refractivity contribution in [1.29, 1.82) is 0 Å². The maximum Gasteiger partial charge on any atom is -0.00199 e. The van der Waals surface area contributed by atoms with Gasteiger partial charge in [0.25, 0.3) is 0 Å². The van der Waals surface area contributed by atoms with Gasteiger partial charge in [0.15, 0.2) is 0 Å². The third-order valence-electron chi connectivity index (χ3n) is 8.43. The number of rotatable bonds is 5. The number of benzene rings is 6. The second kappa shape index (κ2) is 10.6. The van der Waals surface area contributed by atoms with Crippen molar-refractivity contribution in [3.8, 4) is 33.4 Å². The second-order valence-electron chi connectivity index (χ2n) is 10.7. The predicted octanol–water partition coefficient (Wildman–Crippen LogP) is 11.6. The highest BCUT2D eigenvalue weighted by Crippen LogP contribution is 2.48. The molecule has 0 unspecified atom stereocenters. The predicted molar refractivity (Wildman–Crippen MR) is 180 cm³/mol. The molecular weight excluding hydrogens is 492 g/mol. The van der Waals surface area contributed by atoms with Gasteiger partial charge in [0.1, 0.15) is 0 Å². The minimum atomic E-state index is 1.09. The third kappa shape index (κ3) is 4.15. The van der Waals surface area contributed by atoms with Crippen molar-refractivity contribution in [2.24, 2.45) is 0 Å². The van der Waals surface area contributed by atoms with Crippen LogP contribution in [-0.4, -0.2) is 0 Å². The van der Waals surface area contributed by atoms with E-state index in [9.17, 15) is 0 Å². The Morgan fingerprint density at radius 3 is 1.88 bits per heavy atom. The van der Waals surface area contributed by atoms with Crippen molar-refractivity contribution >= 4 is 39.8 Å². The number of aryl methyl sites for hydroxylation is 1. The smallest absolute Gasteiger partial charge is 0.00199 e. The van der Waals surface area contributed by atoms with Crippen molar-refractivity contribution in [3.05, 3.63) is 150 Å². The number of allylic oxidation sites excluding steroid dienone is 2. The maximum absolute atomic E-state index is 4.15. The topological polar surface area (TPSA) is 0 Å². The molecule has 0 N–H and O–H groups in total. The summed E-state index contributed by atoms with van der Waals surface area (Å²) in [4.78, 5) is 0. The van der Waals surface area contributed by atoms with E-state index in [1.165, 1.54) is 71.6 Å². The van der Waals surface area contributed by atoms with E-state index < -0.39 is 0 Å². The normalized spacial score (nSPS) is 12.7. The van der Waals surface area contributed by atoms with E-state index >= 15 is 0 Å². The summed E-state index contributed by atoms with van der Waals surface area (Å²) in [6.45, 7) is 6.24. The van der Waals surface area contributed by atoms with E-state index in [4.69, 9.17) is 0 Å². The van der Waals surface area contributed by atoms with Crippen LogP contribution < -0.4 is 0 Å². The molecule has 0 saturated carbocycles. The molecule has 0 saturated heterocycles. The molecule has 0 nitrogen and oxygen atoms in total. The Balaban J connectivity index is 1.66. The van der Waals surface area contributed by atoms with Crippen LogP contribution in [0.15, 0.2) is 128 Å². The maximum atomic E-state index is 4.15. The van der Waals surface area contributed by atoms with Gasteiger partial charge in [0.2, 0.25) is 0 Å². The van der Waals surface area contributed by atoms with Crippen molar-refractivity contribution in [2.75, 3.05) is 0 Å². The van der Waals surface area contributed by atoms with E-state index in [0.717, 1.165) is 18.4 Å². The lowest BCUT2D eigenvalue weighted by molar-refractivity contribution is 0.987. The SMILES string of the molecule is C=Cc1ccc(-c2c3ccccc3c(-c3cccc4c3C=CCC4)c3ccccc23)c(-c2ccccc2)c1/C=C\C. The zero-order valence-corrected chi connectivity index (χ0v) is 23.4. The summed E-state index contributed by atoms with van der Waals surface area (Å²) in [7, 11) is 0. The molecule has 196 valence electrons. The van der Waals surface area contributed by atoms with Crippen LogP contribution in [0.4, 0.5) is 0 Å². The molecule has 0 amide bonds. The van der Waals surface area contributed by atoms with Crippen LogP contribution in [0.2, 0.25) is 0 Å². The summed E-state index contributed by atoms with van der Waals surface area (Å²) in [6, 6.07) is 40.1. The molecular formula is C41H32. The summed E-state index contributed by atoms with van der Waals surface area (Å²) >= 11 is 0. The first kappa shape index (κ1) is 25.1. The summed E-state index contributed by atoms with van der Waals surface area (Å²) in [5.41, 5.74) is 12.7. The van der Waals surface area contributed by atoms with Gasteiger partial charge in [-0.2, -0.15) is 0 Å². The van der Waals surface area contributed by atoms with Crippen LogP contribution >= 0.6 is 0 Å². The van der Waals surface area contributed by atoms with Gasteiger partial charge in [-0.25, -0.2) is 0 Å². The van der Waals surface area contributed by atoms with Crippen molar-refractivity contribution in [2.45, 2.75) is 19.8 Å². The van der Waals surface area contributed by atoms with Gasteiger partial charge < -0.3 is 0 Å². The monoisotopic (exact) mass is 524 g/mol. The van der Waals surface area contributed by atoms with Gasteiger partial charge in [-0.1, -0.05) is 146 Å². The van der Waals surface area contributed by atoms with Crippen LogP contribution in [0.25, 0.3) is 73.2 Å². The molecule has 0 aromatic heterocycles. The fraction of sp³-hybridized carbons (Fsp3) is 0.0732. The Morgan fingerprint density at radius 1 is 0.610 bits per heavy atom. The summed E-state index contributed by atoms with van der Waals surface area (Å²) in [5, 5.41) is 5.11. The molecule has 0 aliphatic heterocycles. The highest BCUT2D eigenvalue weighted by molar-refractivity contribution is 6.23. The second-order valence-corrected chi connectivity index (χ2v) is 10.7. The average molecular weight is 525 g/mol. The van der Waals surface area contributed by atoms with Crippen LogP contribution in [-0.2, 0) is 6.42 Å². The average Bonchev–Trinajstić information content (AvgIpc) is 3.04. The molecule has 0 radical (unpaired) electrons. The zero-order valence-electron chi connectivity index (χ0n) is 23.4. The Kier molecular flexibility index (Phi) is 6.45. The Hall–Kier alpha value is -4.94. The van der Waals surface area contributed by atoms with Gasteiger partial charge in [0.05, 0.1) is 0 Å². The molecule has 1 aliphatic carbocycles. The lowest BCUT2D eigenvalue weighted by Gasteiger charge is -2.23. The van der Waals surface area contributed by atoms with E-state index in [1.54, 1.807) is 0 Å². The van der Waals surface area contributed by atoms with Gasteiger partial charge in [-0.3, -0.25) is 0 Å². The van der Waals surface area contributed by atoms with E-state index in [-0.39, 0.29) is 0 Å².